The first-order valence-corrected chi connectivity index (χ1v) is 7.08. The van der Waals surface area contributed by atoms with Crippen LogP contribution in [0.3, 0.4) is 0 Å². The zero-order chi connectivity index (χ0) is 12.3. The number of hydrogen-bond donors (Lipinski definition) is 2. The van der Waals surface area contributed by atoms with Gasteiger partial charge in [0.2, 0.25) is 5.91 Å². The second-order valence-electron chi connectivity index (χ2n) is 4.42. The van der Waals surface area contributed by atoms with E-state index in [0.29, 0.717) is 12.5 Å². The van der Waals surface area contributed by atoms with E-state index in [2.05, 4.69) is 10.7 Å². The summed E-state index contributed by atoms with van der Waals surface area (Å²) in [7, 11) is 0. The van der Waals surface area contributed by atoms with Crippen LogP contribution in [-0.2, 0) is 4.79 Å². The predicted molar refractivity (Wildman–Crippen MR) is 72.0 cm³/mol. The average molecular weight is 253 g/mol. The zero-order valence-electron chi connectivity index (χ0n) is 10.3. The lowest BCUT2D eigenvalue weighted by Gasteiger charge is -2.23. The molecule has 2 rings (SSSR count). The van der Waals surface area contributed by atoms with Gasteiger partial charge in [0.25, 0.3) is 0 Å². The molecule has 0 aliphatic carbocycles. The quantitative estimate of drug-likeness (QED) is 0.853. The molecular weight excluding hydrogens is 234 g/mol. The summed E-state index contributed by atoms with van der Waals surface area (Å²) in [6, 6.07) is 4.32. The predicted octanol–water partition coefficient (Wildman–Crippen LogP) is 1.27. The van der Waals surface area contributed by atoms with Crippen LogP contribution in [0.1, 0.15) is 17.8 Å². The highest BCUT2D eigenvalue weighted by molar-refractivity contribution is 7.99. The fraction of sp³-hybridized carbons (Fsp3) is 0.583. The van der Waals surface area contributed by atoms with E-state index < -0.39 is 0 Å². The molecule has 1 aliphatic heterocycles. The first-order chi connectivity index (χ1) is 8.16. The third-order valence-electron chi connectivity index (χ3n) is 2.94. The number of rotatable bonds is 3. The maximum absolute atomic E-state index is 11.9. The molecule has 4 nitrogen and oxygen atoms in total. The fourth-order valence-corrected chi connectivity index (χ4v) is 2.94. The highest BCUT2D eigenvalue weighted by Crippen LogP contribution is 2.11. The van der Waals surface area contributed by atoms with Crippen LogP contribution in [0.25, 0.3) is 0 Å². The van der Waals surface area contributed by atoms with Gasteiger partial charge in [-0.2, -0.15) is 11.8 Å². The van der Waals surface area contributed by atoms with Crippen LogP contribution >= 0.6 is 11.8 Å². The molecule has 0 aromatic carbocycles. The van der Waals surface area contributed by atoms with Crippen LogP contribution in [0.15, 0.2) is 12.1 Å². The average Bonchev–Trinajstić information content (AvgIpc) is 2.62. The van der Waals surface area contributed by atoms with Crippen molar-refractivity contribution in [2.45, 2.75) is 26.3 Å². The van der Waals surface area contributed by atoms with Crippen molar-refractivity contribution in [1.82, 2.24) is 9.99 Å². The summed E-state index contributed by atoms with van der Waals surface area (Å²) >= 11 is 1.91. The third kappa shape index (κ3) is 3.26. The van der Waals surface area contributed by atoms with E-state index in [1.165, 1.54) is 0 Å². The Morgan fingerprint density at radius 2 is 2.24 bits per heavy atom. The molecule has 1 amide bonds. The zero-order valence-corrected chi connectivity index (χ0v) is 11.1. The van der Waals surface area contributed by atoms with Crippen LogP contribution in [0, 0.1) is 13.8 Å². The van der Waals surface area contributed by atoms with Gasteiger partial charge in [0, 0.05) is 41.9 Å². The summed E-state index contributed by atoms with van der Waals surface area (Å²) in [4.78, 5) is 11.9. The minimum atomic E-state index is 0.0763. The fourth-order valence-electron chi connectivity index (χ4n) is 1.99. The Labute approximate surface area is 106 Å². The second kappa shape index (κ2) is 5.60. The van der Waals surface area contributed by atoms with Crippen LogP contribution < -0.4 is 10.7 Å². The van der Waals surface area contributed by atoms with Crippen molar-refractivity contribution in [3.8, 4) is 0 Å². The molecule has 5 heteroatoms. The van der Waals surface area contributed by atoms with Gasteiger partial charge in [-0.3, -0.25) is 14.9 Å². The number of carbonyl (C=O) groups is 1. The molecule has 2 heterocycles. The summed E-state index contributed by atoms with van der Waals surface area (Å²) in [6.45, 7) is 4.98. The van der Waals surface area contributed by atoms with E-state index in [1.807, 2.05) is 42.4 Å². The van der Waals surface area contributed by atoms with Crippen molar-refractivity contribution >= 4 is 17.7 Å². The number of hydrogen-bond acceptors (Lipinski definition) is 3. The third-order valence-corrected chi connectivity index (χ3v) is 4.07. The second-order valence-corrected chi connectivity index (χ2v) is 5.57. The maximum Gasteiger partial charge on any atom is 0.240 e. The van der Waals surface area contributed by atoms with Crippen molar-refractivity contribution in [2.75, 3.05) is 23.5 Å². The SMILES string of the molecule is Cc1ccc(C)n1NC(=O)CC1CSCCN1. The molecule has 1 unspecified atom stereocenters. The van der Waals surface area contributed by atoms with Crippen LogP contribution in [0.2, 0.25) is 0 Å². The topological polar surface area (TPSA) is 46.1 Å². The van der Waals surface area contributed by atoms with Crippen LogP contribution in [0.5, 0.6) is 0 Å². The first-order valence-electron chi connectivity index (χ1n) is 5.93. The molecular formula is C12H19N3OS. The Morgan fingerprint density at radius 3 is 2.82 bits per heavy atom. The number of aryl methyl sites for hydroxylation is 2. The molecule has 1 saturated heterocycles. The highest BCUT2D eigenvalue weighted by atomic mass is 32.2. The van der Waals surface area contributed by atoms with E-state index in [9.17, 15) is 4.79 Å². The van der Waals surface area contributed by atoms with E-state index in [1.54, 1.807) is 0 Å². The number of nitrogens with one attached hydrogen (secondary N) is 2. The number of thioether (sulfide) groups is 1. The van der Waals surface area contributed by atoms with E-state index >= 15 is 0 Å². The molecule has 2 N–H and O–H groups in total. The van der Waals surface area contributed by atoms with Crippen molar-refractivity contribution in [1.29, 1.82) is 0 Å². The van der Waals surface area contributed by atoms with E-state index in [4.69, 9.17) is 0 Å². The number of amides is 1. The largest absolute Gasteiger partial charge is 0.312 e. The van der Waals surface area contributed by atoms with Crippen molar-refractivity contribution in [3.05, 3.63) is 23.5 Å². The lowest BCUT2D eigenvalue weighted by Crippen LogP contribution is -2.41. The lowest BCUT2D eigenvalue weighted by molar-refractivity contribution is -0.117. The molecule has 94 valence electrons. The standard InChI is InChI=1S/C12H19N3OS/c1-9-3-4-10(2)15(9)14-12(16)7-11-8-17-6-5-13-11/h3-4,11,13H,5-8H2,1-2H3,(H,14,16). The number of nitrogens with zero attached hydrogens (tertiary/aromatic N) is 1. The van der Waals surface area contributed by atoms with Gasteiger partial charge in [0.15, 0.2) is 0 Å². The molecule has 0 saturated carbocycles. The Hall–Kier alpha value is -0.940. The molecule has 1 aromatic heterocycles. The first kappa shape index (κ1) is 12.5. The van der Waals surface area contributed by atoms with E-state index in [-0.39, 0.29) is 5.91 Å². The van der Waals surface area contributed by atoms with E-state index in [0.717, 1.165) is 29.4 Å². The minimum absolute atomic E-state index is 0.0763. The number of aromatic nitrogens is 1. The normalized spacial score (nSPS) is 20.2. The van der Waals surface area contributed by atoms with Gasteiger partial charge >= 0.3 is 0 Å². The summed E-state index contributed by atoms with van der Waals surface area (Å²) in [5.41, 5.74) is 5.05. The van der Waals surface area contributed by atoms with Gasteiger partial charge in [-0.15, -0.1) is 0 Å². The van der Waals surface area contributed by atoms with Gasteiger partial charge in [-0.1, -0.05) is 0 Å². The highest BCUT2D eigenvalue weighted by Gasteiger charge is 2.17. The molecule has 0 radical (unpaired) electrons. The molecule has 0 bridgehead atoms. The van der Waals surface area contributed by atoms with Gasteiger partial charge in [0.1, 0.15) is 0 Å². The Morgan fingerprint density at radius 1 is 1.53 bits per heavy atom. The van der Waals surface area contributed by atoms with Crippen molar-refractivity contribution < 1.29 is 4.79 Å². The Balaban J connectivity index is 1.88. The lowest BCUT2D eigenvalue weighted by atomic mass is 10.2. The minimum Gasteiger partial charge on any atom is -0.312 e. The summed E-state index contributed by atoms with van der Waals surface area (Å²) in [5.74, 6) is 2.25. The molecule has 1 aliphatic rings. The molecule has 1 fully saturated rings. The van der Waals surface area contributed by atoms with Crippen LogP contribution in [-0.4, -0.2) is 34.7 Å². The summed E-state index contributed by atoms with van der Waals surface area (Å²) in [5, 5.41) is 3.37. The molecule has 1 aromatic rings. The smallest absolute Gasteiger partial charge is 0.240 e. The maximum atomic E-state index is 11.9. The Bertz CT molecular complexity index is 377. The van der Waals surface area contributed by atoms with Gasteiger partial charge in [-0.25, -0.2) is 0 Å². The monoisotopic (exact) mass is 253 g/mol. The van der Waals surface area contributed by atoms with Gasteiger partial charge < -0.3 is 5.32 Å². The summed E-state index contributed by atoms with van der Waals surface area (Å²) < 4.78 is 1.85. The molecule has 1 atom stereocenters. The Kier molecular flexibility index (Phi) is 4.12. The van der Waals surface area contributed by atoms with Crippen molar-refractivity contribution in [2.24, 2.45) is 0 Å². The molecule has 0 spiro atoms. The van der Waals surface area contributed by atoms with Gasteiger partial charge in [0.05, 0.1) is 0 Å². The molecule has 17 heavy (non-hydrogen) atoms. The van der Waals surface area contributed by atoms with Gasteiger partial charge in [-0.05, 0) is 26.0 Å². The number of carbonyl (C=O) groups excluding carboxylic acids is 1. The van der Waals surface area contributed by atoms with Crippen molar-refractivity contribution in [3.63, 3.8) is 0 Å². The summed E-state index contributed by atoms with van der Waals surface area (Å²) in [6.07, 6.45) is 0.546. The van der Waals surface area contributed by atoms with Crippen LogP contribution in [0.4, 0.5) is 0 Å².